The molecule has 132 valence electrons. The molecule has 1 N–H and O–H groups in total. The average molecular weight is 499 g/mol. The molecule has 1 saturated heterocycles. The van der Waals surface area contributed by atoms with Gasteiger partial charge in [0.1, 0.15) is 6.54 Å². The molecule has 1 aliphatic heterocycles. The Bertz CT molecular complexity index is 898. The van der Waals surface area contributed by atoms with Crippen molar-refractivity contribution in [3.05, 3.63) is 67.6 Å². The molecule has 0 unspecified atom stereocenters. The predicted octanol–water partition coefficient (Wildman–Crippen LogP) is 4.62. The molecule has 0 aliphatic carbocycles. The van der Waals surface area contributed by atoms with Crippen LogP contribution in [0.3, 0.4) is 0 Å². The fourth-order valence-corrected chi connectivity index (χ4v) is 3.55. The molecule has 1 aliphatic rings. The highest BCUT2D eigenvalue weighted by Gasteiger charge is 2.36. The molecule has 0 aromatic heterocycles. The van der Waals surface area contributed by atoms with Crippen molar-refractivity contribution in [3.63, 3.8) is 0 Å². The number of amides is 3. The maximum Gasteiger partial charge on any atom is 0.294 e. The lowest BCUT2D eigenvalue weighted by molar-refractivity contribution is -0.127. The molecule has 1 heterocycles. The fourth-order valence-electron chi connectivity index (χ4n) is 2.22. The Morgan fingerprint density at radius 1 is 1.12 bits per heavy atom. The quantitative estimate of drug-likeness (QED) is 0.493. The van der Waals surface area contributed by atoms with E-state index < -0.39 is 17.1 Å². The number of nitrogens with one attached hydrogen (secondary N) is 1. The van der Waals surface area contributed by atoms with Gasteiger partial charge < -0.3 is 5.32 Å². The van der Waals surface area contributed by atoms with Crippen LogP contribution in [0.25, 0.3) is 6.08 Å². The summed E-state index contributed by atoms with van der Waals surface area (Å²) in [7, 11) is 0. The van der Waals surface area contributed by atoms with Crippen molar-refractivity contribution in [2.45, 2.75) is 0 Å². The molecule has 8 heteroatoms. The smallest absolute Gasteiger partial charge is 0.294 e. The van der Waals surface area contributed by atoms with Gasteiger partial charge >= 0.3 is 0 Å². The molecular weight excluding hydrogens is 487 g/mol. The molecule has 2 aromatic carbocycles. The first-order valence-corrected chi connectivity index (χ1v) is 9.76. The number of hydrogen-bond donors (Lipinski definition) is 1. The van der Waals surface area contributed by atoms with Crippen molar-refractivity contribution in [1.29, 1.82) is 0 Å². The Kier molecular flexibility index (Phi) is 6.00. The highest BCUT2D eigenvalue weighted by Crippen LogP contribution is 2.32. The van der Waals surface area contributed by atoms with Crippen molar-refractivity contribution < 1.29 is 14.4 Å². The summed E-state index contributed by atoms with van der Waals surface area (Å²) in [5.74, 6) is -0.908. The molecule has 3 amide bonds. The number of rotatable bonds is 4. The van der Waals surface area contributed by atoms with Crippen LogP contribution in [0.2, 0.25) is 5.02 Å². The van der Waals surface area contributed by atoms with E-state index in [-0.39, 0.29) is 11.4 Å². The Morgan fingerprint density at radius 3 is 2.42 bits per heavy atom. The second-order valence-electron chi connectivity index (χ2n) is 5.37. The molecule has 2 aromatic rings. The molecule has 3 rings (SSSR count). The van der Waals surface area contributed by atoms with Gasteiger partial charge in [-0.2, -0.15) is 0 Å². The van der Waals surface area contributed by atoms with Crippen LogP contribution in [0, 0.1) is 3.57 Å². The third-order valence-corrected chi connectivity index (χ3v) is 5.35. The minimum Gasteiger partial charge on any atom is -0.325 e. The number of halogens is 2. The van der Waals surface area contributed by atoms with Crippen LogP contribution in [0.5, 0.6) is 0 Å². The van der Waals surface area contributed by atoms with Crippen molar-refractivity contribution in [2.24, 2.45) is 0 Å². The summed E-state index contributed by atoms with van der Waals surface area (Å²) in [5, 5.41) is 2.80. The lowest BCUT2D eigenvalue weighted by Gasteiger charge is -2.12. The second-order valence-corrected chi connectivity index (χ2v) is 8.05. The lowest BCUT2D eigenvalue weighted by Crippen LogP contribution is -2.36. The van der Waals surface area contributed by atoms with E-state index in [0.717, 1.165) is 25.8 Å². The summed E-state index contributed by atoms with van der Waals surface area (Å²) in [5.41, 5.74) is 1.36. The predicted molar refractivity (Wildman–Crippen MR) is 112 cm³/mol. The average Bonchev–Trinajstić information content (AvgIpc) is 2.86. The fraction of sp³-hybridized carbons (Fsp3) is 0.0556. The normalized spacial score (nSPS) is 15.6. The van der Waals surface area contributed by atoms with E-state index in [2.05, 4.69) is 27.9 Å². The maximum absolute atomic E-state index is 12.4. The summed E-state index contributed by atoms with van der Waals surface area (Å²) < 4.78 is 1.04. The van der Waals surface area contributed by atoms with Crippen LogP contribution < -0.4 is 5.32 Å². The van der Waals surface area contributed by atoms with Gasteiger partial charge in [-0.1, -0.05) is 23.7 Å². The van der Waals surface area contributed by atoms with Crippen molar-refractivity contribution in [3.8, 4) is 0 Å². The van der Waals surface area contributed by atoms with E-state index in [1.165, 1.54) is 0 Å². The topological polar surface area (TPSA) is 66.5 Å². The third-order valence-electron chi connectivity index (χ3n) is 3.47. The second kappa shape index (κ2) is 8.24. The first-order valence-electron chi connectivity index (χ1n) is 7.49. The highest BCUT2D eigenvalue weighted by molar-refractivity contribution is 14.1. The van der Waals surface area contributed by atoms with E-state index in [4.69, 9.17) is 11.6 Å². The molecule has 1 fully saturated rings. The molecule has 0 saturated carbocycles. The zero-order chi connectivity index (χ0) is 18.7. The summed E-state index contributed by atoms with van der Waals surface area (Å²) in [6.07, 6.45) is 1.61. The van der Waals surface area contributed by atoms with E-state index >= 15 is 0 Å². The van der Waals surface area contributed by atoms with Crippen LogP contribution in [0.4, 0.5) is 10.5 Å². The minimum atomic E-state index is -0.479. The van der Waals surface area contributed by atoms with Crippen LogP contribution in [0.15, 0.2) is 53.4 Å². The van der Waals surface area contributed by atoms with Crippen LogP contribution in [-0.2, 0) is 9.59 Å². The number of anilines is 1. The molecular formula is C18H12ClIN2O3S. The summed E-state index contributed by atoms with van der Waals surface area (Å²) in [4.78, 5) is 37.9. The van der Waals surface area contributed by atoms with Gasteiger partial charge in [-0.25, -0.2) is 0 Å². The highest BCUT2D eigenvalue weighted by atomic mass is 127. The standard InChI is InChI=1S/C18H12ClIN2O3S/c19-12-3-1-11(2-4-12)9-15-17(24)22(18(25)26-15)10-16(23)21-14-7-5-13(20)6-8-14/h1-9H,10H2,(H,21,23)/b15-9+. The van der Waals surface area contributed by atoms with Gasteiger partial charge in [0.2, 0.25) is 5.91 Å². The molecule has 0 spiro atoms. The van der Waals surface area contributed by atoms with E-state index in [9.17, 15) is 14.4 Å². The molecule has 0 bridgehead atoms. The van der Waals surface area contributed by atoms with Crippen molar-refractivity contribution >= 4 is 74.8 Å². The molecule has 26 heavy (non-hydrogen) atoms. The van der Waals surface area contributed by atoms with Gasteiger partial charge in [0.25, 0.3) is 11.1 Å². The molecule has 5 nitrogen and oxygen atoms in total. The van der Waals surface area contributed by atoms with Crippen molar-refractivity contribution in [2.75, 3.05) is 11.9 Å². The van der Waals surface area contributed by atoms with Gasteiger partial charge in [-0.05, 0) is 82.4 Å². The Labute approximate surface area is 172 Å². The number of carbonyl (C=O) groups excluding carboxylic acids is 3. The van der Waals surface area contributed by atoms with Crippen LogP contribution in [-0.4, -0.2) is 28.5 Å². The van der Waals surface area contributed by atoms with Crippen molar-refractivity contribution in [1.82, 2.24) is 4.90 Å². The van der Waals surface area contributed by atoms with E-state index in [1.807, 2.05) is 12.1 Å². The van der Waals surface area contributed by atoms with E-state index in [0.29, 0.717) is 10.7 Å². The summed E-state index contributed by atoms with van der Waals surface area (Å²) in [6, 6.07) is 14.1. The first kappa shape index (κ1) is 18.9. The Morgan fingerprint density at radius 2 is 1.77 bits per heavy atom. The SMILES string of the molecule is O=C(CN1C(=O)S/C(=C/c2ccc(Cl)cc2)C1=O)Nc1ccc(I)cc1. The van der Waals surface area contributed by atoms with Gasteiger partial charge in [-0.15, -0.1) is 0 Å². The number of carbonyl (C=O) groups is 3. The number of benzene rings is 2. The Hall–Kier alpha value is -1.84. The number of nitrogens with zero attached hydrogens (tertiary/aromatic N) is 1. The largest absolute Gasteiger partial charge is 0.325 e. The van der Waals surface area contributed by atoms with Gasteiger partial charge in [-0.3, -0.25) is 19.3 Å². The third kappa shape index (κ3) is 4.66. The zero-order valence-corrected chi connectivity index (χ0v) is 17.0. The Balaban J connectivity index is 1.67. The maximum atomic E-state index is 12.4. The minimum absolute atomic E-state index is 0.277. The van der Waals surface area contributed by atoms with Gasteiger partial charge in [0, 0.05) is 14.3 Å². The van der Waals surface area contributed by atoms with Crippen LogP contribution >= 0.6 is 46.0 Å². The summed E-state index contributed by atoms with van der Waals surface area (Å²) in [6.45, 7) is -0.325. The number of thioether (sulfide) groups is 1. The molecule has 0 atom stereocenters. The van der Waals surface area contributed by atoms with Gasteiger partial charge in [0.05, 0.1) is 4.91 Å². The lowest BCUT2D eigenvalue weighted by atomic mass is 10.2. The monoisotopic (exact) mass is 498 g/mol. The zero-order valence-electron chi connectivity index (χ0n) is 13.2. The summed E-state index contributed by atoms with van der Waals surface area (Å²) >= 11 is 8.81. The number of imide groups is 1. The van der Waals surface area contributed by atoms with Crippen LogP contribution in [0.1, 0.15) is 5.56 Å². The van der Waals surface area contributed by atoms with E-state index in [1.54, 1.807) is 42.5 Å². The number of hydrogen-bond acceptors (Lipinski definition) is 4. The van der Waals surface area contributed by atoms with Gasteiger partial charge in [0.15, 0.2) is 0 Å². The first-order chi connectivity index (χ1) is 12.4. The molecule has 0 radical (unpaired) electrons.